The van der Waals surface area contributed by atoms with Gasteiger partial charge in [-0.3, -0.25) is 19.3 Å². The number of rotatable bonds is 5. The maximum Gasteiger partial charge on any atom is 0.279 e. The summed E-state index contributed by atoms with van der Waals surface area (Å²) in [5, 5.41) is 8.18. The zero-order valence-corrected chi connectivity index (χ0v) is 19.2. The molecule has 0 aliphatic carbocycles. The molecule has 1 aliphatic heterocycles. The minimum atomic E-state index is -0.869. The van der Waals surface area contributed by atoms with Gasteiger partial charge in [-0.25, -0.2) is 0 Å². The van der Waals surface area contributed by atoms with E-state index < -0.39 is 12.0 Å². The third-order valence-corrected chi connectivity index (χ3v) is 5.87. The summed E-state index contributed by atoms with van der Waals surface area (Å²) in [6.45, 7) is 2.50. The van der Waals surface area contributed by atoms with Gasteiger partial charge in [0.15, 0.2) is 11.8 Å². The lowest BCUT2D eigenvalue weighted by molar-refractivity contribution is -0.127. The standard InChI is InChI=1S/C27H24N4O4/c1-2-16-28-25(32)23-17-30(21-14-8-9-15-22(21)35-23)27(34)24-19-12-6-7-13-20(19)26(33)31(29-24)18-10-4-3-5-11-18/h3-15,23H,2,16-17H2,1H3,(H,28,32)/t23-/m0/s1. The normalized spacial score (nSPS) is 14.8. The summed E-state index contributed by atoms with van der Waals surface area (Å²) in [5.74, 6) is -0.273. The topological polar surface area (TPSA) is 93.5 Å². The molecule has 1 aromatic heterocycles. The third-order valence-electron chi connectivity index (χ3n) is 5.87. The van der Waals surface area contributed by atoms with Crippen LogP contribution in [0.5, 0.6) is 5.75 Å². The maximum atomic E-state index is 14.0. The highest BCUT2D eigenvalue weighted by atomic mass is 16.5. The van der Waals surface area contributed by atoms with Crippen LogP contribution in [0.15, 0.2) is 83.7 Å². The van der Waals surface area contributed by atoms with E-state index in [0.717, 1.165) is 6.42 Å². The molecule has 35 heavy (non-hydrogen) atoms. The van der Waals surface area contributed by atoms with Crippen molar-refractivity contribution in [3.05, 3.63) is 94.9 Å². The second-order valence-electron chi connectivity index (χ2n) is 8.23. The minimum absolute atomic E-state index is 0.0197. The van der Waals surface area contributed by atoms with E-state index in [4.69, 9.17) is 4.74 Å². The fourth-order valence-electron chi connectivity index (χ4n) is 4.14. The SMILES string of the molecule is CCCNC(=O)[C@@H]1CN(C(=O)c2nn(-c3ccccc3)c(=O)c3ccccc23)c2ccccc2O1. The van der Waals surface area contributed by atoms with Crippen molar-refractivity contribution in [2.45, 2.75) is 19.4 Å². The Morgan fingerprint density at radius 1 is 0.971 bits per heavy atom. The van der Waals surface area contributed by atoms with Gasteiger partial charge in [-0.1, -0.05) is 55.5 Å². The summed E-state index contributed by atoms with van der Waals surface area (Å²) in [6.07, 6.45) is -0.0825. The Morgan fingerprint density at radius 2 is 1.66 bits per heavy atom. The van der Waals surface area contributed by atoms with E-state index in [0.29, 0.717) is 34.4 Å². The molecule has 0 saturated heterocycles. The molecule has 0 fully saturated rings. The van der Waals surface area contributed by atoms with Gasteiger partial charge < -0.3 is 10.1 Å². The lowest BCUT2D eigenvalue weighted by Gasteiger charge is -2.34. The maximum absolute atomic E-state index is 14.0. The van der Waals surface area contributed by atoms with E-state index >= 15 is 0 Å². The summed E-state index contributed by atoms with van der Waals surface area (Å²) in [7, 11) is 0. The van der Waals surface area contributed by atoms with Crippen molar-refractivity contribution in [3.8, 4) is 11.4 Å². The van der Waals surface area contributed by atoms with Crippen LogP contribution in [0.2, 0.25) is 0 Å². The zero-order chi connectivity index (χ0) is 24.4. The van der Waals surface area contributed by atoms with Crippen molar-refractivity contribution in [1.82, 2.24) is 15.1 Å². The van der Waals surface area contributed by atoms with Gasteiger partial charge >= 0.3 is 0 Å². The van der Waals surface area contributed by atoms with Gasteiger partial charge in [-0.15, -0.1) is 0 Å². The van der Waals surface area contributed by atoms with Crippen LogP contribution in [-0.4, -0.2) is 40.8 Å². The summed E-state index contributed by atoms with van der Waals surface area (Å²) >= 11 is 0. The Morgan fingerprint density at radius 3 is 2.43 bits per heavy atom. The molecule has 0 spiro atoms. The summed E-state index contributed by atoms with van der Waals surface area (Å²) < 4.78 is 7.17. The number of nitrogens with zero attached hydrogens (tertiary/aromatic N) is 3. The Balaban J connectivity index is 1.63. The van der Waals surface area contributed by atoms with E-state index in [1.54, 1.807) is 72.8 Å². The van der Waals surface area contributed by atoms with E-state index in [2.05, 4.69) is 10.4 Å². The lowest BCUT2D eigenvalue weighted by Crippen LogP contribution is -2.51. The largest absolute Gasteiger partial charge is 0.477 e. The summed E-state index contributed by atoms with van der Waals surface area (Å²) in [5.41, 5.74) is 0.896. The van der Waals surface area contributed by atoms with Crippen LogP contribution in [0, 0.1) is 0 Å². The molecular weight excluding hydrogens is 444 g/mol. The predicted molar refractivity (Wildman–Crippen MR) is 133 cm³/mol. The van der Waals surface area contributed by atoms with Crippen LogP contribution in [0.3, 0.4) is 0 Å². The highest BCUT2D eigenvalue weighted by Gasteiger charge is 2.35. The number of aromatic nitrogens is 2. The number of fused-ring (bicyclic) bond motifs is 2. The third kappa shape index (κ3) is 4.14. The van der Waals surface area contributed by atoms with Gasteiger partial charge in [-0.05, 0) is 36.8 Å². The fraction of sp³-hybridized carbons (Fsp3) is 0.185. The first-order valence-electron chi connectivity index (χ1n) is 11.5. The molecule has 3 aromatic carbocycles. The molecule has 0 bridgehead atoms. The summed E-state index contributed by atoms with van der Waals surface area (Å²) in [4.78, 5) is 41.5. The monoisotopic (exact) mass is 468 g/mol. The van der Waals surface area contributed by atoms with Crippen LogP contribution in [0.4, 0.5) is 5.69 Å². The average molecular weight is 469 g/mol. The van der Waals surface area contributed by atoms with Crippen molar-refractivity contribution in [2.75, 3.05) is 18.0 Å². The lowest BCUT2D eigenvalue weighted by atomic mass is 10.1. The molecule has 0 radical (unpaired) electrons. The Kier molecular flexibility index (Phi) is 6.01. The predicted octanol–water partition coefficient (Wildman–Crippen LogP) is 3.32. The van der Waals surface area contributed by atoms with Crippen molar-refractivity contribution in [3.63, 3.8) is 0 Å². The molecule has 8 nitrogen and oxygen atoms in total. The number of ether oxygens (including phenoxy) is 1. The smallest absolute Gasteiger partial charge is 0.279 e. The number of hydrogen-bond acceptors (Lipinski definition) is 5. The molecule has 2 amide bonds. The van der Waals surface area contributed by atoms with Gasteiger partial charge in [-0.2, -0.15) is 9.78 Å². The first kappa shape index (κ1) is 22.3. The average Bonchev–Trinajstić information content (AvgIpc) is 2.91. The van der Waals surface area contributed by atoms with E-state index in [1.807, 2.05) is 13.0 Å². The molecule has 4 aromatic rings. The van der Waals surface area contributed by atoms with Gasteiger partial charge in [0.1, 0.15) is 5.75 Å². The molecule has 1 N–H and O–H groups in total. The molecule has 0 unspecified atom stereocenters. The number of anilines is 1. The van der Waals surface area contributed by atoms with E-state index in [9.17, 15) is 14.4 Å². The molecule has 1 atom stereocenters. The Hall–Kier alpha value is -4.46. The van der Waals surface area contributed by atoms with Crippen molar-refractivity contribution >= 4 is 28.3 Å². The first-order chi connectivity index (χ1) is 17.1. The van der Waals surface area contributed by atoms with Crippen molar-refractivity contribution in [2.24, 2.45) is 0 Å². The number of amides is 2. The molecular formula is C27H24N4O4. The number of carbonyl (C=O) groups is 2. The molecule has 1 aliphatic rings. The van der Waals surface area contributed by atoms with Crippen LogP contribution < -0.4 is 20.5 Å². The Bertz CT molecular complexity index is 1470. The first-order valence-corrected chi connectivity index (χ1v) is 11.5. The molecule has 0 saturated carbocycles. The van der Waals surface area contributed by atoms with Crippen LogP contribution in [-0.2, 0) is 4.79 Å². The number of hydrogen-bond donors (Lipinski definition) is 1. The van der Waals surface area contributed by atoms with Crippen molar-refractivity contribution in [1.29, 1.82) is 0 Å². The van der Waals surface area contributed by atoms with Gasteiger partial charge in [0.25, 0.3) is 17.4 Å². The quantitative estimate of drug-likeness (QED) is 0.485. The number of benzene rings is 3. The van der Waals surface area contributed by atoms with E-state index in [-0.39, 0.29) is 23.7 Å². The molecule has 176 valence electrons. The molecule has 8 heteroatoms. The highest BCUT2D eigenvalue weighted by molar-refractivity contribution is 6.13. The number of carbonyl (C=O) groups excluding carboxylic acids is 2. The highest BCUT2D eigenvalue weighted by Crippen LogP contribution is 2.34. The number of para-hydroxylation sites is 3. The summed E-state index contributed by atoms with van der Waals surface area (Å²) in [6, 6.07) is 23.0. The van der Waals surface area contributed by atoms with E-state index in [1.165, 1.54) is 9.58 Å². The van der Waals surface area contributed by atoms with Crippen molar-refractivity contribution < 1.29 is 14.3 Å². The van der Waals surface area contributed by atoms with Gasteiger partial charge in [0.2, 0.25) is 0 Å². The van der Waals surface area contributed by atoms with Crippen LogP contribution in [0.1, 0.15) is 23.8 Å². The zero-order valence-electron chi connectivity index (χ0n) is 19.2. The van der Waals surface area contributed by atoms with Crippen LogP contribution in [0.25, 0.3) is 16.5 Å². The second-order valence-corrected chi connectivity index (χ2v) is 8.23. The fourth-order valence-corrected chi connectivity index (χ4v) is 4.14. The molecule has 2 heterocycles. The van der Waals surface area contributed by atoms with Crippen LogP contribution >= 0.6 is 0 Å². The molecule has 5 rings (SSSR count). The minimum Gasteiger partial charge on any atom is -0.477 e. The number of nitrogens with one attached hydrogen (secondary N) is 1. The van der Waals surface area contributed by atoms with Gasteiger partial charge in [0.05, 0.1) is 23.3 Å². The Labute approximate surface area is 201 Å². The second kappa shape index (κ2) is 9.42. The van der Waals surface area contributed by atoms with Gasteiger partial charge in [0, 0.05) is 11.9 Å².